The average Bonchev–Trinajstić information content (AvgIpc) is 2.37. The van der Waals surface area contributed by atoms with Crippen LogP contribution in [0.25, 0.3) is 6.08 Å². The molecule has 3 heteroatoms. The molecule has 0 fully saturated rings. The lowest BCUT2D eigenvalue weighted by molar-refractivity contribution is 0.0639. The van der Waals surface area contributed by atoms with Gasteiger partial charge in [0.1, 0.15) is 5.75 Å². The minimum absolute atomic E-state index is 0.0840. The number of rotatable bonds is 6. The Hall–Kier alpha value is -1.32. The quantitative estimate of drug-likeness (QED) is 0.775. The lowest BCUT2D eigenvalue weighted by Crippen LogP contribution is -2.36. The zero-order valence-corrected chi connectivity index (χ0v) is 12.3. The Morgan fingerprint density at radius 1 is 1.32 bits per heavy atom. The first-order valence-electron chi connectivity index (χ1n) is 6.63. The zero-order chi connectivity index (χ0) is 14.3. The van der Waals surface area contributed by atoms with Crippen LogP contribution in [0.1, 0.15) is 26.3 Å². The van der Waals surface area contributed by atoms with Gasteiger partial charge in [0, 0.05) is 18.7 Å². The van der Waals surface area contributed by atoms with Crippen molar-refractivity contribution >= 4 is 6.08 Å². The molecule has 0 aliphatic heterocycles. The number of hydrogen-bond donors (Lipinski definition) is 2. The molecule has 3 nitrogen and oxygen atoms in total. The summed E-state index contributed by atoms with van der Waals surface area (Å²) in [5, 5.41) is 13.1. The molecule has 0 saturated heterocycles. The van der Waals surface area contributed by atoms with Gasteiger partial charge in [0.2, 0.25) is 0 Å². The Bertz CT molecular complexity index is 407. The van der Waals surface area contributed by atoms with Crippen LogP contribution in [0.4, 0.5) is 0 Å². The maximum Gasteiger partial charge on any atom is 0.126 e. The van der Waals surface area contributed by atoms with Crippen molar-refractivity contribution in [3.05, 3.63) is 35.9 Å². The van der Waals surface area contributed by atoms with E-state index in [2.05, 4.69) is 5.32 Å². The predicted octanol–water partition coefficient (Wildman–Crippen LogP) is 2.71. The number of methoxy groups -OCH3 is 1. The molecule has 0 amide bonds. The van der Waals surface area contributed by atoms with Gasteiger partial charge >= 0.3 is 0 Å². The predicted molar refractivity (Wildman–Crippen MR) is 80.4 cm³/mol. The second-order valence-corrected chi connectivity index (χ2v) is 5.68. The summed E-state index contributed by atoms with van der Waals surface area (Å²) in [5.41, 5.74) is 0.975. The van der Waals surface area contributed by atoms with Gasteiger partial charge in [0.25, 0.3) is 0 Å². The van der Waals surface area contributed by atoms with E-state index in [1.54, 1.807) is 7.11 Å². The number of aliphatic hydroxyl groups is 1. The third-order valence-corrected chi connectivity index (χ3v) is 3.04. The van der Waals surface area contributed by atoms with E-state index in [0.29, 0.717) is 6.54 Å². The lowest BCUT2D eigenvalue weighted by Gasteiger charge is -2.25. The molecule has 19 heavy (non-hydrogen) atoms. The summed E-state index contributed by atoms with van der Waals surface area (Å²) in [6.07, 6.45) is 3.72. The van der Waals surface area contributed by atoms with E-state index in [-0.39, 0.29) is 11.5 Å². The van der Waals surface area contributed by atoms with Crippen LogP contribution in [0.2, 0.25) is 0 Å². The molecular weight excluding hydrogens is 238 g/mol. The second kappa shape index (κ2) is 7.31. The van der Waals surface area contributed by atoms with Gasteiger partial charge in [0.15, 0.2) is 0 Å². The number of ether oxygens (including phenoxy) is 1. The van der Waals surface area contributed by atoms with E-state index >= 15 is 0 Å². The van der Waals surface area contributed by atoms with Crippen LogP contribution in [0.15, 0.2) is 30.3 Å². The van der Waals surface area contributed by atoms with Crippen LogP contribution in [0.3, 0.4) is 0 Å². The van der Waals surface area contributed by atoms with E-state index in [9.17, 15) is 5.11 Å². The van der Waals surface area contributed by atoms with Crippen LogP contribution >= 0.6 is 0 Å². The van der Waals surface area contributed by atoms with Gasteiger partial charge < -0.3 is 15.2 Å². The molecule has 0 aliphatic carbocycles. The third-order valence-electron chi connectivity index (χ3n) is 3.04. The number of para-hydroxylation sites is 1. The summed E-state index contributed by atoms with van der Waals surface area (Å²) < 4.78 is 5.27. The van der Waals surface area contributed by atoms with Crippen molar-refractivity contribution in [2.75, 3.05) is 20.2 Å². The highest BCUT2D eigenvalue weighted by Crippen LogP contribution is 2.19. The third kappa shape index (κ3) is 5.45. The van der Waals surface area contributed by atoms with Crippen molar-refractivity contribution in [3.63, 3.8) is 0 Å². The Morgan fingerprint density at radius 3 is 2.63 bits per heavy atom. The standard InChI is InChI=1S/C16H25NO2/c1-16(2,3)15(18)12-17-11-7-9-13-8-5-6-10-14(13)19-4/h5-10,15,17-18H,11-12H2,1-4H3/b9-7+. The molecular formula is C16H25NO2. The summed E-state index contributed by atoms with van der Waals surface area (Å²) in [7, 11) is 1.67. The first-order chi connectivity index (χ1) is 8.95. The first kappa shape index (κ1) is 15.7. The van der Waals surface area contributed by atoms with Crippen molar-refractivity contribution < 1.29 is 9.84 Å². The molecule has 0 spiro atoms. The zero-order valence-electron chi connectivity index (χ0n) is 12.3. The van der Waals surface area contributed by atoms with Gasteiger partial charge in [-0.3, -0.25) is 0 Å². The molecule has 0 bridgehead atoms. The van der Waals surface area contributed by atoms with Crippen molar-refractivity contribution in [1.29, 1.82) is 0 Å². The Labute approximate surface area is 116 Å². The van der Waals surface area contributed by atoms with Gasteiger partial charge in [0.05, 0.1) is 13.2 Å². The Balaban J connectivity index is 2.39. The summed E-state index contributed by atoms with van der Waals surface area (Å²) in [6.45, 7) is 7.42. The largest absolute Gasteiger partial charge is 0.496 e. The maximum atomic E-state index is 9.88. The molecule has 2 N–H and O–H groups in total. The van der Waals surface area contributed by atoms with Gasteiger partial charge in [-0.15, -0.1) is 0 Å². The molecule has 0 saturated carbocycles. The maximum absolute atomic E-state index is 9.88. The van der Waals surface area contributed by atoms with Crippen molar-refractivity contribution in [3.8, 4) is 5.75 Å². The number of hydrogen-bond acceptors (Lipinski definition) is 3. The number of aliphatic hydroxyl groups excluding tert-OH is 1. The van der Waals surface area contributed by atoms with E-state index < -0.39 is 0 Å². The Kier molecular flexibility index (Phi) is 6.06. The summed E-state index contributed by atoms with van der Waals surface area (Å²) in [5.74, 6) is 0.869. The fourth-order valence-corrected chi connectivity index (χ4v) is 1.60. The minimum atomic E-state index is -0.341. The molecule has 1 aromatic rings. The summed E-state index contributed by atoms with van der Waals surface area (Å²) >= 11 is 0. The summed E-state index contributed by atoms with van der Waals surface area (Å²) in [6, 6.07) is 7.89. The highest BCUT2D eigenvalue weighted by Gasteiger charge is 2.20. The molecule has 0 radical (unpaired) electrons. The molecule has 1 rings (SSSR count). The molecule has 1 aromatic carbocycles. The van der Waals surface area contributed by atoms with Crippen LogP contribution < -0.4 is 10.1 Å². The van der Waals surface area contributed by atoms with Gasteiger partial charge in [-0.25, -0.2) is 0 Å². The average molecular weight is 263 g/mol. The smallest absolute Gasteiger partial charge is 0.126 e. The van der Waals surface area contributed by atoms with Crippen LogP contribution in [0, 0.1) is 5.41 Å². The fraction of sp³-hybridized carbons (Fsp3) is 0.500. The monoisotopic (exact) mass is 263 g/mol. The minimum Gasteiger partial charge on any atom is -0.496 e. The molecule has 106 valence electrons. The SMILES string of the molecule is COc1ccccc1/C=C/CNCC(O)C(C)(C)C. The van der Waals surface area contributed by atoms with Crippen LogP contribution in [-0.2, 0) is 0 Å². The molecule has 0 heterocycles. The highest BCUT2D eigenvalue weighted by molar-refractivity contribution is 5.57. The Morgan fingerprint density at radius 2 is 2.00 bits per heavy atom. The molecule has 0 aromatic heterocycles. The van der Waals surface area contributed by atoms with Crippen molar-refractivity contribution in [1.82, 2.24) is 5.32 Å². The lowest BCUT2D eigenvalue weighted by atomic mass is 9.89. The van der Waals surface area contributed by atoms with Gasteiger partial charge in [-0.2, -0.15) is 0 Å². The van der Waals surface area contributed by atoms with E-state index in [1.807, 2.05) is 57.2 Å². The van der Waals surface area contributed by atoms with Crippen LogP contribution in [0.5, 0.6) is 5.75 Å². The summed E-state index contributed by atoms with van der Waals surface area (Å²) in [4.78, 5) is 0. The first-order valence-corrected chi connectivity index (χ1v) is 6.63. The topological polar surface area (TPSA) is 41.5 Å². The fourth-order valence-electron chi connectivity index (χ4n) is 1.60. The van der Waals surface area contributed by atoms with Gasteiger partial charge in [-0.1, -0.05) is 51.1 Å². The van der Waals surface area contributed by atoms with Crippen LogP contribution in [-0.4, -0.2) is 31.4 Å². The van der Waals surface area contributed by atoms with E-state index in [0.717, 1.165) is 17.9 Å². The van der Waals surface area contributed by atoms with Crippen molar-refractivity contribution in [2.45, 2.75) is 26.9 Å². The number of benzene rings is 1. The van der Waals surface area contributed by atoms with E-state index in [1.165, 1.54) is 0 Å². The normalized spacial score (nSPS) is 13.7. The van der Waals surface area contributed by atoms with Crippen molar-refractivity contribution in [2.24, 2.45) is 5.41 Å². The highest BCUT2D eigenvalue weighted by atomic mass is 16.5. The second-order valence-electron chi connectivity index (χ2n) is 5.68. The number of nitrogens with one attached hydrogen (secondary N) is 1. The van der Waals surface area contributed by atoms with E-state index in [4.69, 9.17) is 4.74 Å². The molecule has 0 aliphatic rings. The molecule has 1 unspecified atom stereocenters. The molecule has 1 atom stereocenters. The van der Waals surface area contributed by atoms with Gasteiger partial charge in [-0.05, 0) is 11.5 Å².